The van der Waals surface area contributed by atoms with Crippen molar-refractivity contribution in [3.8, 4) is 5.75 Å². The predicted octanol–water partition coefficient (Wildman–Crippen LogP) is 2.61. The molecule has 1 spiro atoms. The number of carbonyl (C=O) groups excluding carboxylic acids is 2. The van der Waals surface area contributed by atoms with Crippen molar-refractivity contribution in [1.29, 1.82) is 0 Å². The minimum Gasteiger partial charge on any atom is -0.508 e. The van der Waals surface area contributed by atoms with Crippen molar-refractivity contribution in [3.05, 3.63) is 23.8 Å². The van der Waals surface area contributed by atoms with Crippen LogP contribution in [0.15, 0.2) is 18.2 Å². The van der Waals surface area contributed by atoms with E-state index in [2.05, 4.69) is 5.32 Å². The minimum absolute atomic E-state index is 0.0538. The first-order chi connectivity index (χ1) is 10.7. The molecule has 2 aliphatic rings. The molecule has 1 aromatic rings. The molecule has 1 saturated heterocycles. The highest BCUT2D eigenvalue weighted by Crippen LogP contribution is 2.45. The number of ether oxygens (including phenoxy) is 1. The van der Waals surface area contributed by atoms with E-state index in [9.17, 15) is 14.7 Å². The van der Waals surface area contributed by atoms with Crippen LogP contribution in [0.2, 0.25) is 0 Å². The highest BCUT2D eigenvalue weighted by atomic mass is 16.6. The molecule has 2 heterocycles. The van der Waals surface area contributed by atoms with Crippen LogP contribution in [0, 0.1) is 0 Å². The highest BCUT2D eigenvalue weighted by molar-refractivity contribution is 6.06. The van der Waals surface area contributed by atoms with Crippen molar-refractivity contribution in [2.45, 2.75) is 44.6 Å². The number of likely N-dealkylation sites (tertiary alicyclic amines) is 1. The van der Waals surface area contributed by atoms with Crippen LogP contribution in [0.4, 0.5) is 10.5 Å². The molecule has 124 valence electrons. The van der Waals surface area contributed by atoms with Crippen molar-refractivity contribution in [1.82, 2.24) is 4.90 Å². The number of rotatable bonds is 0. The van der Waals surface area contributed by atoms with Gasteiger partial charge in [0, 0.05) is 24.8 Å². The second-order valence-electron chi connectivity index (χ2n) is 7.23. The zero-order valence-corrected chi connectivity index (χ0v) is 13.7. The topological polar surface area (TPSA) is 78.9 Å². The Morgan fingerprint density at radius 3 is 2.57 bits per heavy atom. The van der Waals surface area contributed by atoms with Crippen molar-refractivity contribution in [3.63, 3.8) is 0 Å². The molecule has 0 aromatic heterocycles. The van der Waals surface area contributed by atoms with Gasteiger partial charge in [-0.05, 0) is 45.2 Å². The van der Waals surface area contributed by atoms with Crippen LogP contribution in [-0.4, -0.2) is 40.7 Å². The van der Waals surface area contributed by atoms with Gasteiger partial charge >= 0.3 is 6.09 Å². The van der Waals surface area contributed by atoms with Gasteiger partial charge in [-0.2, -0.15) is 0 Å². The van der Waals surface area contributed by atoms with E-state index in [1.807, 2.05) is 20.8 Å². The van der Waals surface area contributed by atoms with Gasteiger partial charge in [0.25, 0.3) is 0 Å². The lowest BCUT2D eigenvalue weighted by molar-refractivity contribution is -0.122. The third-order valence-corrected chi connectivity index (χ3v) is 4.47. The standard InChI is InChI=1S/C17H22N2O4/c1-16(2,3)23-15(22)19-8-6-17(7-9-19)12-5-4-11(20)10-13(12)18-14(17)21/h4-5,10,20H,6-9H2,1-3H3,(H,18,21). The summed E-state index contributed by atoms with van der Waals surface area (Å²) in [6, 6.07) is 4.97. The van der Waals surface area contributed by atoms with Crippen LogP contribution in [0.25, 0.3) is 0 Å². The smallest absolute Gasteiger partial charge is 0.410 e. The molecular weight excluding hydrogens is 296 g/mol. The zero-order valence-electron chi connectivity index (χ0n) is 13.7. The molecule has 1 aromatic carbocycles. The molecule has 0 saturated carbocycles. The van der Waals surface area contributed by atoms with Gasteiger partial charge in [0.1, 0.15) is 11.4 Å². The summed E-state index contributed by atoms with van der Waals surface area (Å²) < 4.78 is 5.39. The molecule has 3 rings (SSSR count). The maximum absolute atomic E-state index is 12.5. The fourth-order valence-corrected chi connectivity index (χ4v) is 3.31. The Balaban J connectivity index is 1.76. The lowest BCUT2D eigenvalue weighted by Crippen LogP contribution is -2.49. The van der Waals surface area contributed by atoms with Crippen LogP contribution in [0.5, 0.6) is 5.75 Å². The van der Waals surface area contributed by atoms with Crippen LogP contribution < -0.4 is 5.32 Å². The number of carbonyl (C=O) groups is 2. The first-order valence-electron chi connectivity index (χ1n) is 7.84. The Kier molecular flexibility index (Phi) is 3.50. The third kappa shape index (κ3) is 2.73. The number of hydrogen-bond acceptors (Lipinski definition) is 4. The number of benzene rings is 1. The lowest BCUT2D eigenvalue weighted by atomic mass is 9.74. The largest absolute Gasteiger partial charge is 0.508 e. The van der Waals surface area contributed by atoms with E-state index >= 15 is 0 Å². The van der Waals surface area contributed by atoms with Crippen LogP contribution in [0.1, 0.15) is 39.2 Å². The molecule has 23 heavy (non-hydrogen) atoms. The molecular formula is C17H22N2O4. The second-order valence-corrected chi connectivity index (χ2v) is 7.23. The number of fused-ring (bicyclic) bond motifs is 2. The average Bonchev–Trinajstić information content (AvgIpc) is 2.70. The van der Waals surface area contributed by atoms with E-state index < -0.39 is 11.0 Å². The van der Waals surface area contributed by atoms with Gasteiger partial charge in [-0.15, -0.1) is 0 Å². The quantitative estimate of drug-likeness (QED) is 0.771. The Bertz CT molecular complexity index is 655. The van der Waals surface area contributed by atoms with Crippen molar-refractivity contribution >= 4 is 17.7 Å². The Hall–Kier alpha value is -2.24. The minimum atomic E-state index is -0.610. The number of aromatic hydroxyl groups is 1. The van der Waals surface area contributed by atoms with Crippen molar-refractivity contribution in [2.24, 2.45) is 0 Å². The summed E-state index contributed by atoms with van der Waals surface area (Å²) in [5.74, 6) is 0.0780. The number of phenols is 1. The van der Waals surface area contributed by atoms with E-state index in [0.717, 1.165) is 5.56 Å². The number of nitrogens with zero attached hydrogens (tertiary/aromatic N) is 1. The molecule has 2 N–H and O–H groups in total. The number of nitrogens with one attached hydrogen (secondary N) is 1. The fraction of sp³-hybridized carbons (Fsp3) is 0.529. The predicted molar refractivity (Wildman–Crippen MR) is 85.5 cm³/mol. The molecule has 0 bridgehead atoms. The van der Waals surface area contributed by atoms with Crippen LogP contribution in [0.3, 0.4) is 0 Å². The van der Waals surface area contributed by atoms with Gasteiger partial charge < -0.3 is 20.1 Å². The van der Waals surface area contributed by atoms with Gasteiger partial charge in [-0.1, -0.05) is 6.07 Å². The molecule has 0 aliphatic carbocycles. The summed E-state index contributed by atoms with van der Waals surface area (Å²) in [4.78, 5) is 26.3. The van der Waals surface area contributed by atoms with Crippen LogP contribution in [-0.2, 0) is 14.9 Å². The maximum atomic E-state index is 12.5. The summed E-state index contributed by atoms with van der Waals surface area (Å²) >= 11 is 0. The lowest BCUT2D eigenvalue weighted by Gasteiger charge is -2.38. The summed E-state index contributed by atoms with van der Waals surface area (Å²) in [7, 11) is 0. The van der Waals surface area contributed by atoms with Gasteiger partial charge in [0.05, 0.1) is 5.41 Å². The Morgan fingerprint density at radius 1 is 1.30 bits per heavy atom. The number of hydrogen-bond donors (Lipinski definition) is 2. The van der Waals surface area contributed by atoms with Crippen LogP contribution >= 0.6 is 0 Å². The SMILES string of the molecule is CC(C)(C)OC(=O)N1CCC2(CC1)C(=O)Nc1cc(O)ccc12. The number of anilines is 1. The third-order valence-electron chi connectivity index (χ3n) is 4.47. The first kappa shape index (κ1) is 15.6. The second kappa shape index (κ2) is 5.15. The molecule has 2 amide bonds. The molecule has 6 nitrogen and oxygen atoms in total. The maximum Gasteiger partial charge on any atom is 0.410 e. The highest BCUT2D eigenvalue weighted by Gasteiger charge is 2.49. The van der Waals surface area contributed by atoms with Gasteiger partial charge in [-0.25, -0.2) is 4.79 Å². The Morgan fingerprint density at radius 2 is 1.96 bits per heavy atom. The molecule has 1 fully saturated rings. The normalized spacial score (nSPS) is 19.4. The first-order valence-corrected chi connectivity index (χ1v) is 7.84. The molecule has 2 aliphatic heterocycles. The van der Waals surface area contributed by atoms with E-state index in [0.29, 0.717) is 31.6 Å². The summed E-state index contributed by atoms with van der Waals surface area (Å²) in [6.07, 6.45) is 0.766. The summed E-state index contributed by atoms with van der Waals surface area (Å²) in [6.45, 7) is 6.46. The van der Waals surface area contributed by atoms with Gasteiger partial charge in [0.15, 0.2) is 0 Å². The van der Waals surface area contributed by atoms with Gasteiger partial charge in [0.2, 0.25) is 5.91 Å². The summed E-state index contributed by atoms with van der Waals surface area (Å²) in [5, 5.41) is 12.4. The van der Waals surface area contributed by atoms with E-state index in [-0.39, 0.29) is 17.7 Å². The molecule has 0 radical (unpaired) electrons. The van der Waals surface area contributed by atoms with E-state index in [1.165, 1.54) is 0 Å². The average molecular weight is 318 g/mol. The summed E-state index contributed by atoms with van der Waals surface area (Å²) in [5.41, 5.74) is 0.438. The van der Waals surface area contributed by atoms with E-state index in [1.54, 1.807) is 23.1 Å². The molecule has 6 heteroatoms. The Labute approximate surface area is 135 Å². The van der Waals surface area contributed by atoms with E-state index in [4.69, 9.17) is 4.74 Å². The van der Waals surface area contributed by atoms with Gasteiger partial charge in [-0.3, -0.25) is 4.79 Å². The molecule has 0 unspecified atom stereocenters. The number of phenolic OH excluding ortho intramolecular Hbond substituents is 1. The number of amides is 2. The fourth-order valence-electron chi connectivity index (χ4n) is 3.31. The van der Waals surface area contributed by atoms with Crippen molar-refractivity contribution in [2.75, 3.05) is 18.4 Å². The number of piperidine rings is 1. The monoisotopic (exact) mass is 318 g/mol. The zero-order chi connectivity index (χ0) is 16.8. The van der Waals surface area contributed by atoms with Crippen molar-refractivity contribution < 1.29 is 19.4 Å². The molecule has 0 atom stereocenters.